The van der Waals surface area contributed by atoms with Gasteiger partial charge in [0.05, 0.1) is 22.1 Å². The van der Waals surface area contributed by atoms with Gasteiger partial charge < -0.3 is 9.13 Å². The Morgan fingerprint density at radius 3 is 0.623 bits per heavy atom. The minimum absolute atomic E-state index is 1.10. The molecule has 0 aliphatic heterocycles. The van der Waals surface area contributed by atoms with Gasteiger partial charge in [-0.05, 0) is 327 Å². The zero-order valence-electron chi connectivity index (χ0n) is 66.7. The Kier molecular flexibility index (Phi) is 19.6. The van der Waals surface area contributed by atoms with Crippen LogP contribution in [0.4, 0.5) is 0 Å². The second kappa shape index (κ2) is 32.7. The first kappa shape index (κ1) is 73.4. The van der Waals surface area contributed by atoms with E-state index in [0.29, 0.717) is 0 Å². The molecule has 0 aliphatic rings. The zero-order valence-corrected chi connectivity index (χ0v) is 66.7. The molecule has 0 spiro atoms. The number of benzene rings is 16. The van der Waals surface area contributed by atoms with Crippen LogP contribution in [0.15, 0.2) is 474 Å². The van der Waals surface area contributed by atoms with Crippen LogP contribution < -0.4 is 0 Å². The predicted octanol–water partition coefficient (Wildman–Crippen LogP) is 30.5. The van der Waals surface area contributed by atoms with E-state index in [1.807, 2.05) is 61.7 Å². The SMILES string of the molecule is c1ccc(-n2c3ccccc3c3cc(-c4cc(-c5cccc(-c6cccc(-c7cccnc7)c6)c5)cc(-c5cccc(-c6cccc(-c7cccnc7)c6)c5)c4)ccc32)cc1.c1ccc(-n2c3ccccc3c3cc(-c4cc(-c5cccc(-c6cccc(-c7ccncc7)c6)c5)cc(-c5cccc(-c6cccc(-c7ccncc7)c6)c5)c4)ccc32)cc1. The van der Waals surface area contributed by atoms with E-state index in [4.69, 9.17) is 0 Å². The maximum Gasteiger partial charge on any atom is 0.0541 e. The molecule has 0 bridgehead atoms. The number of pyridine rings is 4. The smallest absolute Gasteiger partial charge is 0.0541 e. The maximum absolute atomic E-state index is 4.37. The summed E-state index contributed by atoms with van der Waals surface area (Å²) < 4.78 is 4.75. The predicted molar refractivity (Wildman–Crippen MR) is 509 cm³/mol. The average Bonchev–Trinajstić information content (AvgIpc) is 1.60. The van der Waals surface area contributed by atoms with Gasteiger partial charge in [-0.25, -0.2) is 0 Å². The fourth-order valence-corrected chi connectivity index (χ4v) is 17.5. The van der Waals surface area contributed by atoms with Crippen molar-refractivity contribution < 1.29 is 0 Å². The first-order valence-electron chi connectivity index (χ1n) is 41.4. The monoisotopic (exact) mass is 1550 g/mol. The Bertz CT molecular complexity index is 6860. The number of fused-ring (bicyclic) bond motifs is 6. The van der Waals surface area contributed by atoms with Crippen molar-refractivity contribution in [3.8, 4) is 167 Å². The topological polar surface area (TPSA) is 61.4 Å². The molecule has 16 aromatic carbocycles. The van der Waals surface area contributed by atoms with Crippen molar-refractivity contribution in [1.82, 2.24) is 29.1 Å². The number of aromatic nitrogens is 6. The Balaban J connectivity index is 0.000000150. The van der Waals surface area contributed by atoms with Gasteiger partial charge in [0, 0.05) is 93.6 Å². The zero-order chi connectivity index (χ0) is 81.1. The summed E-state index contributed by atoms with van der Waals surface area (Å²) in [5, 5.41) is 4.94. The van der Waals surface area contributed by atoms with E-state index >= 15 is 0 Å². The molecule has 572 valence electrons. The van der Waals surface area contributed by atoms with E-state index in [9.17, 15) is 0 Å². The highest BCUT2D eigenvalue weighted by molar-refractivity contribution is 6.12. The van der Waals surface area contributed by atoms with Crippen LogP contribution in [0, 0.1) is 0 Å². The molecule has 6 heteroatoms. The lowest BCUT2D eigenvalue weighted by atomic mass is 9.90. The van der Waals surface area contributed by atoms with Crippen LogP contribution in [0.3, 0.4) is 0 Å². The van der Waals surface area contributed by atoms with Crippen molar-refractivity contribution in [2.75, 3.05) is 0 Å². The maximum atomic E-state index is 4.37. The van der Waals surface area contributed by atoms with Crippen LogP contribution in [-0.2, 0) is 0 Å². The van der Waals surface area contributed by atoms with E-state index in [1.165, 1.54) is 122 Å². The minimum Gasteiger partial charge on any atom is -0.309 e. The summed E-state index contributed by atoms with van der Waals surface area (Å²) in [4.78, 5) is 17.2. The normalized spacial score (nSPS) is 11.3. The van der Waals surface area contributed by atoms with Gasteiger partial charge in [-0.3, -0.25) is 19.9 Å². The van der Waals surface area contributed by atoms with Crippen LogP contribution in [-0.4, -0.2) is 29.1 Å². The van der Waals surface area contributed by atoms with Crippen molar-refractivity contribution in [3.05, 3.63) is 474 Å². The lowest BCUT2D eigenvalue weighted by Crippen LogP contribution is -1.93. The van der Waals surface area contributed by atoms with Crippen molar-refractivity contribution in [2.45, 2.75) is 0 Å². The molecule has 6 aromatic heterocycles. The van der Waals surface area contributed by atoms with Crippen LogP contribution in [0.1, 0.15) is 0 Å². The Morgan fingerprint density at radius 2 is 0.344 bits per heavy atom. The Morgan fingerprint density at radius 1 is 0.123 bits per heavy atom. The molecule has 0 aliphatic carbocycles. The summed E-state index contributed by atoms with van der Waals surface area (Å²) in [6.45, 7) is 0. The van der Waals surface area contributed by atoms with Gasteiger partial charge in [0.15, 0.2) is 0 Å². The highest BCUT2D eigenvalue weighted by atomic mass is 15.0. The summed E-state index contributed by atoms with van der Waals surface area (Å²) in [6, 6.07) is 154. The minimum atomic E-state index is 1.10. The standard InChI is InChI=1S/2C58H39N3/c1-2-22-54(23-3-1)61-57-25-5-4-24-55(57)56-37-48(26-27-58(56)61)53-35-51(46-18-8-14-42(32-46)40-12-6-16-44(30-40)49-20-10-28-59-38-49)34-52(36-53)47-19-9-15-43(33-47)41-13-7-17-45(31-41)50-21-11-29-60-39-50;1-2-18-54(19-3-1)61-57-21-5-4-20-55(57)56-39-50(22-23-58(56)61)53-37-51(48-16-8-14-46(34-48)44-12-6-10-42(32-44)40-24-28-59-29-25-40)36-52(38-53)49-17-9-15-47(35-49)45-13-7-11-43(33-45)41-26-30-60-31-27-41/h2*1-39H. The van der Waals surface area contributed by atoms with Crippen molar-refractivity contribution in [1.29, 1.82) is 0 Å². The van der Waals surface area contributed by atoms with Crippen LogP contribution in [0.2, 0.25) is 0 Å². The van der Waals surface area contributed by atoms with Gasteiger partial charge in [-0.1, -0.05) is 243 Å². The first-order chi connectivity index (χ1) is 60.4. The fourth-order valence-electron chi connectivity index (χ4n) is 17.5. The molecule has 0 fully saturated rings. The molecule has 22 rings (SSSR count). The highest BCUT2D eigenvalue weighted by Gasteiger charge is 2.20. The molecule has 122 heavy (non-hydrogen) atoms. The van der Waals surface area contributed by atoms with E-state index in [0.717, 1.165) is 89.3 Å². The van der Waals surface area contributed by atoms with Crippen molar-refractivity contribution in [3.63, 3.8) is 0 Å². The molecule has 0 atom stereocenters. The largest absolute Gasteiger partial charge is 0.309 e. The van der Waals surface area contributed by atoms with Gasteiger partial charge in [0.2, 0.25) is 0 Å². The molecule has 0 saturated carbocycles. The summed E-state index contributed by atoms with van der Waals surface area (Å²) in [6.07, 6.45) is 14.9. The molecule has 22 aromatic rings. The second-order valence-electron chi connectivity index (χ2n) is 31.0. The molecule has 0 saturated heterocycles. The number of para-hydroxylation sites is 4. The second-order valence-corrected chi connectivity index (χ2v) is 31.0. The third-order valence-electron chi connectivity index (χ3n) is 23.5. The number of rotatable bonds is 16. The third-order valence-corrected chi connectivity index (χ3v) is 23.5. The Hall–Kier alpha value is -16.3. The van der Waals surface area contributed by atoms with Gasteiger partial charge in [0.25, 0.3) is 0 Å². The molecule has 0 N–H and O–H groups in total. The number of nitrogens with zero attached hydrogens (tertiary/aromatic N) is 6. The third kappa shape index (κ3) is 14.8. The fraction of sp³-hybridized carbons (Fsp3) is 0. The van der Waals surface area contributed by atoms with Crippen molar-refractivity contribution in [2.24, 2.45) is 0 Å². The average molecular weight is 1560 g/mol. The first-order valence-corrected chi connectivity index (χ1v) is 41.4. The van der Waals surface area contributed by atoms with E-state index in [1.54, 1.807) is 0 Å². The molecular weight excluding hydrogens is 1480 g/mol. The molecule has 6 heterocycles. The summed E-state index contributed by atoms with van der Waals surface area (Å²) in [7, 11) is 0. The molecular formula is C116H78N6. The summed E-state index contributed by atoms with van der Waals surface area (Å²) >= 11 is 0. The van der Waals surface area contributed by atoms with Crippen LogP contribution >= 0.6 is 0 Å². The van der Waals surface area contributed by atoms with Gasteiger partial charge >= 0.3 is 0 Å². The van der Waals surface area contributed by atoms with E-state index in [-0.39, 0.29) is 0 Å². The van der Waals surface area contributed by atoms with Crippen LogP contribution in [0.25, 0.3) is 211 Å². The van der Waals surface area contributed by atoms with E-state index in [2.05, 4.69) is 442 Å². The van der Waals surface area contributed by atoms with Crippen LogP contribution in [0.5, 0.6) is 0 Å². The highest BCUT2D eigenvalue weighted by Crippen LogP contribution is 2.44. The van der Waals surface area contributed by atoms with Crippen molar-refractivity contribution >= 4 is 43.6 Å². The molecule has 0 radical (unpaired) electrons. The van der Waals surface area contributed by atoms with Gasteiger partial charge in [0.1, 0.15) is 0 Å². The lowest BCUT2D eigenvalue weighted by molar-refractivity contribution is 1.18. The summed E-state index contributed by atoms with van der Waals surface area (Å²) in [5.74, 6) is 0. The number of hydrogen-bond acceptors (Lipinski definition) is 4. The number of hydrogen-bond donors (Lipinski definition) is 0. The van der Waals surface area contributed by atoms with E-state index < -0.39 is 0 Å². The molecule has 0 amide bonds. The summed E-state index contributed by atoms with van der Waals surface area (Å²) in [5.41, 5.74) is 39.6. The molecule has 6 nitrogen and oxygen atoms in total. The lowest BCUT2D eigenvalue weighted by Gasteiger charge is -2.14. The molecule has 0 unspecified atom stereocenters. The van der Waals surface area contributed by atoms with Gasteiger partial charge in [-0.15, -0.1) is 0 Å². The quantitative estimate of drug-likeness (QED) is 0.0967. The Labute approximate surface area is 709 Å². The van der Waals surface area contributed by atoms with Gasteiger partial charge in [-0.2, -0.15) is 0 Å².